The SMILES string of the molecule is COC1[C@@H](CO)O[C@@H](n2cc(C)c(N)nc2=O)[C@H]1O. The van der Waals surface area contributed by atoms with Crippen LogP contribution >= 0.6 is 0 Å². The van der Waals surface area contributed by atoms with Crippen LogP contribution < -0.4 is 11.4 Å². The molecule has 1 fully saturated rings. The first kappa shape index (κ1) is 13.9. The molecule has 4 atom stereocenters. The molecule has 0 saturated carbocycles. The van der Waals surface area contributed by atoms with Gasteiger partial charge in [0, 0.05) is 18.9 Å². The summed E-state index contributed by atoms with van der Waals surface area (Å²) in [5, 5.41) is 19.3. The molecule has 2 rings (SSSR count). The van der Waals surface area contributed by atoms with Gasteiger partial charge in [-0.3, -0.25) is 4.57 Å². The highest BCUT2D eigenvalue weighted by Crippen LogP contribution is 2.30. The van der Waals surface area contributed by atoms with Crippen molar-refractivity contribution in [1.82, 2.24) is 9.55 Å². The van der Waals surface area contributed by atoms with E-state index in [1.54, 1.807) is 6.92 Å². The molecule has 1 unspecified atom stereocenters. The minimum atomic E-state index is -1.08. The van der Waals surface area contributed by atoms with Gasteiger partial charge in [-0.05, 0) is 6.92 Å². The maximum atomic E-state index is 11.8. The van der Waals surface area contributed by atoms with Gasteiger partial charge in [0.05, 0.1) is 6.61 Å². The molecular weight excluding hydrogens is 254 g/mol. The number of aromatic nitrogens is 2. The zero-order chi connectivity index (χ0) is 14.2. The fourth-order valence-corrected chi connectivity index (χ4v) is 2.15. The largest absolute Gasteiger partial charge is 0.394 e. The van der Waals surface area contributed by atoms with Crippen molar-refractivity contribution in [3.8, 4) is 0 Å². The van der Waals surface area contributed by atoms with Gasteiger partial charge in [0.1, 0.15) is 24.1 Å². The number of anilines is 1. The molecule has 4 N–H and O–H groups in total. The second-order valence-electron chi connectivity index (χ2n) is 4.44. The quantitative estimate of drug-likeness (QED) is 0.605. The lowest BCUT2D eigenvalue weighted by Crippen LogP contribution is -2.37. The third-order valence-electron chi connectivity index (χ3n) is 3.21. The second kappa shape index (κ2) is 5.25. The monoisotopic (exact) mass is 271 g/mol. The number of hydrogen-bond donors (Lipinski definition) is 3. The van der Waals surface area contributed by atoms with Gasteiger partial charge in [0.2, 0.25) is 0 Å². The van der Waals surface area contributed by atoms with E-state index < -0.39 is 30.2 Å². The second-order valence-corrected chi connectivity index (χ2v) is 4.44. The highest BCUT2D eigenvalue weighted by molar-refractivity contribution is 5.35. The van der Waals surface area contributed by atoms with Crippen LogP contribution in [0.25, 0.3) is 0 Å². The molecule has 0 bridgehead atoms. The highest BCUT2D eigenvalue weighted by Gasteiger charge is 2.45. The zero-order valence-electron chi connectivity index (χ0n) is 10.7. The Labute approximate surface area is 109 Å². The summed E-state index contributed by atoms with van der Waals surface area (Å²) >= 11 is 0. The Morgan fingerprint density at radius 2 is 2.32 bits per heavy atom. The van der Waals surface area contributed by atoms with E-state index in [1.807, 2.05) is 0 Å². The average molecular weight is 271 g/mol. The number of aliphatic hydroxyl groups is 2. The fourth-order valence-electron chi connectivity index (χ4n) is 2.15. The molecule has 1 aliphatic rings. The summed E-state index contributed by atoms with van der Waals surface area (Å²) < 4.78 is 11.7. The van der Waals surface area contributed by atoms with E-state index in [0.29, 0.717) is 5.56 Å². The Balaban J connectivity index is 2.38. The van der Waals surface area contributed by atoms with Crippen LogP contribution in [0.3, 0.4) is 0 Å². The van der Waals surface area contributed by atoms with Crippen molar-refractivity contribution < 1.29 is 19.7 Å². The van der Waals surface area contributed by atoms with Gasteiger partial charge < -0.3 is 25.4 Å². The minimum Gasteiger partial charge on any atom is -0.394 e. The molecule has 0 aliphatic carbocycles. The highest BCUT2D eigenvalue weighted by atomic mass is 16.6. The Morgan fingerprint density at radius 3 is 2.84 bits per heavy atom. The Hall–Kier alpha value is -1.48. The van der Waals surface area contributed by atoms with E-state index in [4.69, 9.17) is 15.2 Å². The Kier molecular flexibility index (Phi) is 3.85. The lowest BCUT2D eigenvalue weighted by atomic mass is 10.1. The summed E-state index contributed by atoms with van der Waals surface area (Å²) in [5.41, 5.74) is 5.51. The molecule has 0 radical (unpaired) electrons. The molecule has 1 aliphatic heterocycles. The molecule has 8 heteroatoms. The number of aryl methyl sites for hydroxylation is 1. The summed E-state index contributed by atoms with van der Waals surface area (Å²) in [5.74, 6) is 0.135. The molecule has 2 heterocycles. The average Bonchev–Trinajstić information content (AvgIpc) is 2.70. The Bertz CT molecular complexity index is 518. The number of nitrogens with zero attached hydrogens (tertiary/aromatic N) is 2. The normalized spacial score (nSPS) is 30.7. The van der Waals surface area contributed by atoms with Crippen LogP contribution in [0.15, 0.2) is 11.0 Å². The maximum Gasteiger partial charge on any atom is 0.351 e. The number of rotatable bonds is 3. The Morgan fingerprint density at radius 1 is 1.63 bits per heavy atom. The van der Waals surface area contributed by atoms with Gasteiger partial charge in [0.25, 0.3) is 0 Å². The summed E-state index contributed by atoms with van der Waals surface area (Å²) in [6.45, 7) is 1.37. The molecule has 8 nitrogen and oxygen atoms in total. The number of aliphatic hydroxyl groups excluding tert-OH is 2. The van der Waals surface area contributed by atoms with Gasteiger partial charge in [-0.2, -0.15) is 4.98 Å². The van der Waals surface area contributed by atoms with Crippen LogP contribution in [0.5, 0.6) is 0 Å². The van der Waals surface area contributed by atoms with Crippen molar-refractivity contribution in [2.24, 2.45) is 0 Å². The van der Waals surface area contributed by atoms with Gasteiger partial charge in [-0.25, -0.2) is 4.79 Å². The van der Waals surface area contributed by atoms with E-state index in [2.05, 4.69) is 4.98 Å². The molecule has 0 aromatic carbocycles. The van der Waals surface area contributed by atoms with Crippen LogP contribution in [0.4, 0.5) is 5.82 Å². The van der Waals surface area contributed by atoms with E-state index in [0.717, 1.165) is 4.57 Å². The van der Waals surface area contributed by atoms with Crippen molar-refractivity contribution in [2.75, 3.05) is 19.5 Å². The van der Waals surface area contributed by atoms with Gasteiger partial charge in [-0.1, -0.05) is 0 Å². The summed E-state index contributed by atoms with van der Waals surface area (Å²) in [6, 6.07) is 0. The maximum absolute atomic E-state index is 11.8. The lowest BCUT2D eigenvalue weighted by Gasteiger charge is -2.18. The molecular formula is C11H17N3O5. The molecule has 19 heavy (non-hydrogen) atoms. The summed E-state index contributed by atoms with van der Waals surface area (Å²) in [4.78, 5) is 15.4. The standard InChI is InChI=1S/C11H17N3O5/c1-5-3-14(11(17)13-9(5)12)10-7(16)8(18-2)6(4-15)19-10/h3,6-8,10,15-16H,4H2,1-2H3,(H2,12,13,17)/t6-,7+,8?,10-/m1/s1. The van der Waals surface area contributed by atoms with Crippen molar-refractivity contribution in [1.29, 1.82) is 0 Å². The third-order valence-corrected chi connectivity index (χ3v) is 3.21. The van der Waals surface area contributed by atoms with Gasteiger partial charge in [0.15, 0.2) is 6.23 Å². The number of hydrogen-bond acceptors (Lipinski definition) is 7. The number of methoxy groups -OCH3 is 1. The summed E-state index contributed by atoms with van der Waals surface area (Å²) in [7, 11) is 1.40. The first-order valence-electron chi connectivity index (χ1n) is 5.82. The summed E-state index contributed by atoms with van der Waals surface area (Å²) in [6.07, 6.45) is -1.98. The predicted octanol–water partition coefficient (Wildman–Crippen LogP) is -1.60. The van der Waals surface area contributed by atoms with Crippen molar-refractivity contribution >= 4 is 5.82 Å². The number of nitrogens with two attached hydrogens (primary N) is 1. The van der Waals surface area contributed by atoms with Crippen LogP contribution in [-0.4, -0.2) is 51.8 Å². The smallest absolute Gasteiger partial charge is 0.351 e. The predicted molar refractivity (Wildman–Crippen MR) is 65.4 cm³/mol. The minimum absolute atomic E-state index is 0.135. The molecule has 106 valence electrons. The third kappa shape index (κ3) is 2.35. The molecule has 1 aromatic rings. The molecule has 0 spiro atoms. The molecule has 1 saturated heterocycles. The van der Waals surface area contributed by atoms with E-state index in [9.17, 15) is 15.0 Å². The molecule has 1 aromatic heterocycles. The van der Waals surface area contributed by atoms with Crippen molar-refractivity contribution in [3.05, 3.63) is 22.2 Å². The van der Waals surface area contributed by atoms with E-state index in [1.165, 1.54) is 13.3 Å². The van der Waals surface area contributed by atoms with Crippen molar-refractivity contribution in [3.63, 3.8) is 0 Å². The lowest BCUT2D eigenvalue weighted by molar-refractivity contribution is -0.0569. The first-order valence-corrected chi connectivity index (χ1v) is 5.82. The fraction of sp³-hybridized carbons (Fsp3) is 0.636. The van der Waals surface area contributed by atoms with E-state index in [-0.39, 0.29) is 12.4 Å². The topological polar surface area (TPSA) is 120 Å². The van der Waals surface area contributed by atoms with Gasteiger partial charge >= 0.3 is 5.69 Å². The van der Waals surface area contributed by atoms with Crippen LogP contribution in [0.1, 0.15) is 11.8 Å². The zero-order valence-corrected chi connectivity index (χ0v) is 10.7. The first-order chi connectivity index (χ1) is 8.99. The number of nitrogen functional groups attached to an aromatic ring is 1. The number of ether oxygens (including phenoxy) is 2. The van der Waals surface area contributed by atoms with Crippen molar-refractivity contribution in [2.45, 2.75) is 31.5 Å². The van der Waals surface area contributed by atoms with Crippen LogP contribution in [-0.2, 0) is 9.47 Å². The van der Waals surface area contributed by atoms with Crippen LogP contribution in [0.2, 0.25) is 0 Å². The molecule has 0 amide bonds. The van der Waals surface area contributed by atoms with Gasteiger partial charge in [-0.15, -0.1) is 0 Å². The van der Waals surface area contributed by atoms with E-state index >= 15 is 0 Å². The van der Waals surface area contributed by atoms with Crippen LogP contribution in [0, 0.1) is 6.92 Å².